The molecule has 0 saturated carbocycles. The van der Waals surface area contributed by atoms with Crippen LogP contribution in [0.5, 0.6) is 0 Å². The van der Waals surface area contributed by atoms with Gasteiger partial charge in [-0.15, -0.1) is 24.8 Å². The molecule has 0 aliphatic carbocycles. The molecular weight excluding hydrogens is 361 g/mol. The summed E-state index contributed by atoms with van der Waals surface area (Å²) in [6.45, 7) is 3.99. The third-order valence-electron chi connectivity index (χ3n) is 3.99. The van der Waals surface area contributed by atoms with Gasteiger partial charge in [0.2, 0.25) is 0 Å². The van der Waals surface area contributed by atoms with E-state index in [0.717, 1.165) is 13.0 Å². The molecule has 1 atom stereocenters. The van der Waals surface area contributed by atoms with Crippen molar-refractivity contribution in [2.45, 2.75) is 32.5 Å². The van der Waals surface area contributed by atoms with Crippen molar-refractivity contribution in [2.24, 2.45) is 5.73 Å². The standard InChI is InChI=1S/C18H25N3O2.2ClH/c1-14(21(2)12-15-6-4-3-5-7-15)8-9-20-18(22)16-10-17(11-19)23-13-16;;/h3-7,10,13-14H,8-9,11-12,19H2,1-2H3,(H,20,22);2*1H. The van der Waals surface area contributed by atoms with Crippen LogP contribution >= 0.6 is 24.8 Å². The van der Waals surface area contributed by atoms with Gasteiger partial charge in [0.15, 0.2) is 0 Å². The van der Waals surface area contributed by atoms with Crippen molar-refractivity contribution in [1.29, 1.82) is 0 Å². The van der Waals surface area contributed by atoms with Gasteiger partial charge in [-0.2, -0.15) is 0 Å². The zero-order chi connectivity index (χ0) is 16.7. The molecule has 140 valence electrons. The Morgan fingerprint density at radius 3 is 2.56 bits per heavy atom. The first-order valence-corrected chi connectivity index (χ1v) is 7.90. The van der Waals surface area contributed by atoms with E-state index in [1.165, 1.54) is 11.8 Å². The van der Waals surface area contributed by atoms with Gasteiger partial charge in [0.1, 0.15) is 12.0 Å². The first-order valence-electron chi connectivity index (χ1n) is 7.90. The van der Waals surface area contributed by atoms with Crippen molar-refractivity contribution in [3.8, 4) is 0 Å². The average molecular weight is 388 g/mol. The maximum Gasteiger partial charge on any atom is 0.254 e. The van der Waals surface area contributed by atoms with E-state index in [1.54, 1.807) is 6.07 Å². The number of nitrogens with zero attached hydrogens (tertiary/aromatic N) is 1. The maximum absolute atomic E-state index is 12.0. The molecule has 3 N–H and O–H groups in total. The van der Waals surface area contributed by atoms with E-state index < -0.39 is 0 Å². The van der Waals surface area contributed by atoms with E-state index in [1.807, 2.05) is 6.07 Å². The predicted octanol–water partition coefficient (Wildman–Crippen LogP) is 3.22. The van der Waals surface area contributed by atoms with Crippen LogP contribution in [0.15, 0.2) is 47.1 Å². The quantitative estimate of drug-likeness (QED) is 0.729. The molecule has 0 saturated heterocycles. The molecule has 25 heavy (non-hydrogen) atoms. The summed E-state index contributed by atoms with van der Waals surface area (Å²) in [5.41, 5.74) is 7.28. The van der Waals surface area contributed by atoms with Crippen molar-refractivity contribution in [3.05, 3.63) is 59.5 Å². The van der Waals surface area contributed by atoms with Gasteiger partial charge in [-0.05, 0) is 32.0 Å². The molecule has 0 bridgehead atoms. The molecular formula is C18H27Cl2N3O2. The number of amides is 1. The third kappa shape index (κ3) is 7.48. The number of carbonyl (C=O) groups excluding carboxylic acids is 1. The van der Waals surface area contributed by atoms with Crippen molar-refractivity contribution in [1.82, 2.24) is 10.2 Å². The Morgan fingerprint density at radius 1 is 1.28 bits per heavy atom. The van der Waals surface area contributed by atoms with E-state index in [4.69, 9.17) is 10.2 Å². The van der Waals surface area contributed by atoms with E-state index in [-0.39, 0.29) is 30.7 Å². The van der Waals surface area contributed by atoms with Crippen LogP contribution in [-0.2, 0) is 13.1 Å². The molecule has 1 aromatic carbocycles. The highest BCUT2D eigenvalue weighted by Crippen LogP contribution is 2.09. The minimum absolute atomic E-state index is 0. The van der Waals surface area contributed by atoms with Crippen LogP contribution in [0.25, 0.3) is 0 Å². The second-order valence-electron chi connectivity index (χ2n) is 5.80. The maximum atomic E-state index is 12.0. The number of rotatable bonds is 8. The van der Waals surface area contributed by atoms with Gasteiger partial charge in [-0.25, -0.2) is 0 Å². The summed E-state index contributed by atoms with van der Waals surface area (Å²) in [5.74, 6) is 0.498. The van der Waals surface area contributed by atoms with Crippen LogP contribution in [0.1, 0.15) is 35.0 Å². The molecule has 0 fully saturated rings. The molecule has 0 spiro atoms. The van der Waals surface area contributed by atoms with Crippen LogP contribution in [0, 0.1) is 0 Å². The number of carbonyl (C=O) groups is 1. The lowest BCUT2D eigenvalue weighted by atomic mass is 10.1. The molecule has 2 rings (SSSR count). The Balaban J connectivity index is 0.00000288. The lowest BCUT2D eigenvalue weighted by Gasteiger charge is -2.24. The smallest absolute Gasteiger partial charge is 0.254 e. The molecule has 0 radical (unpaired) electrons. The van der Waals surface area contributed by atoms with Crippen LogP contribution in [0.2, 0.25) is 0 Å². The van der Waals surface area contributed by atoms with Crippen molar-refractivity contribution < 1.29 is 9.21 Å². The van der Waals surface area contributed by atoms with Gasteiger partial charge in [0.05, 0.1) is 12.1 Å². The molecule has 1 amide bonds. The Bertz CT molecular complexity index is 620. The highest BCUT2D eigenvalue weighted by Gasteiger charge is 2.12. The zero-order valence-electron chi connectivity index (χ0n) is 14.6. The number of nitrogens with two attached hydrogens (primary N) is 1. The number of hydrogen-bond donors (Lipinski definition) is 2. The second kappa shape index (κ2) is 11.9. The number of hydrogen-bond acceptors (Lipinski definition) is 4. The van der Waals surface area contributed by atoms with Gasteiger partial charge in [0.25, 0.3) is 5.91 Å². The average Bonchev–Trinajstić information content (AvgIpc) is 3.04. The Morgan fingerprint density at radius 2 is 1.96 bits per heavy atom. The lowest BCUT2D eigenvalue weighted by Crippen LogP contribution is -2.33. The second-order valence-corrected chi connectivity index (χ2v) is 5.80. The van der Waals surface area contributed by atoms with Crippen LogP contribution < -0.4 is 11.1 Å². The van der Waals surface area contributed by atoms with Crippen LogP contribution in [-0.4, -0.2) is 30.4 Å². The van der Waals surface area contributed by atoms with Crippen LogP contribution in [0.4, 0.5) is 0 Å². The molecule has 1 unspecified atom stereocenters. The summed E-state index contributed by atoms with van der Waals surface area (Å²) in [5, 5.41) is 2.92. The summed E-state index contributed by atoms with van der Waals surface area (Å²) in [6.07, 6.45) is 2.33. The van der Waals surface area contributed by atoms with Crippen molar-refractivity contribution in [2.75, 3.05) is 13.6 Å². The van der Waals surface area contributed by atoms with Gasteiger partial charge in [0, 0.05) is 19.1 Å². The summed E-state index contributed by atoms with van der Waals surface area (Å²) >= 11 is 0. The van der Waals surface area contributed by atoms with Crippen LogP contribution in [0.3, 0.4) is 0 Å². The SMILES string of the molecule is CC(CCNC(=O)c1coc(CN)c1)N(C)Cc1ccccc1.Cl.Cl. The fraction of sp³-hybridized carbons (Fsp3) is 0.389. The molecule has 0 aliphatic heterocycles. The van der Waals surface area contributed by atoms with Gasteiger partial charge in [-0.1, -0.05) is 30.3 Å². The summed E-state index contributed by atoms with van der Waals surface area (Å²) in [7, 11) is 2.10. The topological polar surface area (TPSA) is 71.5 Å². The number of benzene rings is 1. The first-order chi connectivity index (χ1) is 11.1. The van der Waals surface area contributed by atoms with Crippen molar-refractivity contribution in [3.63, 3.8) is 0 Å². The predicted molar refractivity (Wildman–Crippen MR) is 105 cm³/mol. The Hall–Kier alpha value is -1.53. The number of halogens is 2. The fourth-order valence-corrected chi connectivity index (χ4v) is 2.35. The fourth-order valence-electron chi connectivity index (χ4n) is 2.35. The molecule has 5 nitrogen and oxygen atoms in total. The summed E-state index contributed by atoms with van der Waals surface area (Å²) < 4.78 is 5.17. The largest absolute Gasteiger partial charge is 0.467 e. The van der Waals surface area contributed by atoms with E-state index >= 15 is 0 Å². The van der Waals surface area contributed by atoms with Gasteiger partial charge >= 0.3 is 0 Å². The minimum atomic E-state index is -0.119. The van der Waals surface area contributed by atoms with Gasteiger partial charge < -0.3 is 15.5 Å². The van der Waals surface area contributed by atoms with E-state index in [0.29, 0.717) is 30.5 Å². The third-order valence-corrected chi connectivity index (χ3v) is 3.99. The normalized spacial score (nSPS) is 11.4. The van der Waals surface area contributed by atoms with E-state index in [2.05, 4.69) is 48.5 Å². The summed E-state index contributed by atoms with van der Waals surface area (Å²) in [4.78, 5) is 14.3. The first kappa shape index (κ1) is 23.5. The highest BCUT2D eigenvalue weighted by atomic mass is 35.5. The number of furan rings is 1. The summed E-state index contributed by atoms with van der Waals surface area (Å²) in [6, 6.07) is 12.4. The molecule has 1 heterocycles. The van der Waals surface area contributed by atoms with E-state index in [9.17, 15) is 4.79 Å². The van der Waals surface area contributed by atoms with Gasteiger partial charge in [-0.3, -0.25) is 9.69 Å². The van der Waals surface area contributed by atoms with Crippen molar-refractivity contribution >= 4 is 30.7 Å². The lowest BCUT2D eigenvalue weighted by molar-refractivity contribution is 0.0948. The Kier molecular flexibility index (Phi) is 11.2. The monoisotopic (exact) mass is 387 g/mol. The molecule has 7 heteroatoms. The number of nitrogens with one attached hydrogen (secondary N) is 1. The Labute approximate surface area is 161 Å². The molecule has 0 aliphatic rings. The minimum Gasteiger partial charge on any atom is -0.467 e. The zero-order valence-corrected chi connectivity index (χ0v) is 16.2. The molecule has 1 aromatic heterocycles. The highest BCUT2D eigenvalue weighted by molar-refractivity contribution is 5.93. The molecule has 2 aromatic rings.